The van der Waals surface area contributed by atoms with E-state index < -0.39 is 0 Å². The summed E-state index contributed by atoms with van der Waals surface area (Å²) in [6.45, 7) is 5.66. The van der Waals surface area contributed by atoms with Crippen LogP contribution in [0.1, 0.15) is 13.8 Å². The van der Waals surface area contributed by atoms with Gasteiger partial charge in [0.1, 0.15) is 0 Å². The first-order valence-electron chi connectivity index (χ1n) is 5.24. The Kier molecular flexibility index (Phi) is 5.58. The molecule has 2 nitrogen and oxygen atoms in total. The van der Waals surface area contributed by atoms with E-state index in [1.165, 1.54) is 4.90 Å². The van der Waals surface area contributed by atoms with Crippen LogP contribution in [-0.2, 0) is 4.74 Å². The molecule has 1 rings (SSSR count). The molecule has 1 aromatic carbocycles. The Bertz CT molecular complexity index is 273. The molecule has 84 valence electrons. The molecular formula is C12H19NOS. The van der Waals surface area contributed by atoms with Gasteiger partial charge in [0.25, 0.3) is 0 Å². The van der Waals surface area contributed by atoms with Crippen LogP contribution < -0.4 is 5.32 Å². The maximum Gasteiger partial charge on any atom is 0.0664 e. The molecule has 0 heterocycles. The van der Waals surface area contributed by atoms with Crippen molar-refractivity contribution >= 4 is 17.4 Å². The van der Waals surface area contributed by atoms with E-state index in [2.05, 4.69) is 42.8 Å². The molecule has 0 aliphatic heterocycles. The van der Waals surface area contributed by atoms with Crippen molar-refractivity contribution in [3.8, 4) is 0 Å². The molecule has 0 aliphatic rings. The summed E-state index contributed by atoms with van der Waals surface area (Å²) in [7, 11) is 0. The average molecular weight is 225 g/mol. The van der Waals surface area contributed by atoms with E-state index >= 15 is 0 Å². The summed E-state index contributed by atoms with van der Waals surface area (Å²) in [6.07, 6.45) is 2.08. The highest BCUT2D eigenvalue weighted by Crippen LogP contribution is 2.17. The molecule has 0 fully saturated rings. The third kappa shape index (κ3) is 4.58. The van der Waals surface area contributed by atoms with E-state index in [9.17, 15) is 0 Å². The summed E-state index contributed by atoms with van der Waals surface area (Å²) < 4.78 is 5.35. The van der Waals surface area contributed by atoms with Crippen LogP contribution in [0, 0.1) is 0 Å². The van der Waals surface area contributed by atoms with E-state index in [-0.39, 0.29) is 0 Å². The molecule has 1 atom stereocenters. The topological polar surface area (TPSA) is 21.3 Å². The van der Waals surface area contributed by atoms with Crippen LogP contribution in [0.4, 0.5) is 5.69 Å². The van der Waals surface area contributed by atoms with Crippen molar-refractivity contribution in [2.75, 3.05) is 24.8 Å². The van der Waals surface area contributed by atoms with Gasteiger partial charge in [0, 0.05) is 23.2 Å². The molecule has 0 bridgehead atoms. The fraction of sp³-hybridized carbons (Fsp3) is 0.500. The minimum atomic E-state index is 0.352. The molecule has 0 aliphatic carbocycles. The molecule has 0 radical (unpaired) electrons. The van der Waals surface area contributed by atoms with Gasteiger partial charge in [-0.1, -0.05) is 0 Å². The second-order valence-corrected chi connectivity index (χ2v) is 4.31. The third-order valence-corrected chi connectivity index (χ3v) is 2.82. The lowest BCUT2D eigenvalue weighted by atomic mass is 10.3. The molecule has 3 heteroatoms. The van der Waals surface area contributed by atoms with E-state index in [4.69, 9.17) is 4.74 Å². The SMILES string of the molecule is CCOCC(C)Nc1ccc(SC)cc1. The van der Waals surface area contributed by atoms with Crippen molar-refractivity contribution in [3.05, 3.63) is 24.3 Å². The van der Waals surface area contributed by atoms with Crippen molar-refractivity contribution in [3.63, 3.8) is 0 Å². The zero-order valence-corrected chi connectivity index (χ0v) is 10.4. The second kappa shape index (κ2) is 6.75. The van der Waals surface area contributed by atoms with Gasteiger partial charge >= 0.3 is 0 Å². The number of hydrogen-bond donors (Lipinski definition) is 1. The summed E-state index contributed by atoms with van der Waals surface area (Å²) in [5.74, 6) is 0. The fourth-order valence-electron chi connectivity index (χ4n) is 1.31. The minimum absolute atomic E-state index is 0.352. The van der Waals surface area contributed by atoms with Gasteiger partial charge in [0.15, 0.2) is 0 Å². The van der Waals surface area contributed by atoms with Gasteiger partial charge in [-0.3, -0.25) is 0 Å². The lowest BCUT2D eigenvalue weighted by molar-refractivity contribution is 0.141. The fourth-order valence-corrected chi connectivity index (χ4v) is 1.72. The first-order valence-corrected chi connectivity index (χ1v) is 6.47. The zero-order chi connectivity index (χ0) is 11.1. The first-order chi connectivity index (χ1) is 7.26. The maximum absolute atomic E-state index is 5.35. The Morgan fingerprint density at radius 3 is 2.53 bits per heavy atom. The second-order valence-electron chi connectivity index (χ2n) is 3.43. The Morgan fingerprint density at radius 2 is 2.00 bits per heavy atom. The predicted molar refractivity (Wildman–Crippen MR) is 67.8 cm³/mol. The molecule has 1 unspecified atom stereocenters. The average Bonchev–Trinajstić information content (AvgIpc) is 2.27. The van der Waals surface area contributed by atoms with Gasteiger partial charge in [0.05, 0.1) is 6.61 Å². The molecule has 0 saturated heterocycles. The molecule has 0 saturated carbocycles. The Morgan fingerprint density at radius 1 is 1.33 bits per heavy atom. The van der Waals surface area contributed by atoms with Gasteiger partial charge in [-0.25, -0.2) is 0 Å². The summed E-state index contributed by atoms with van der Waals surface area (Å²) in [5, 5.41) is 3.39. The number of ether oxygens (including phenoxy) is 1. The number of nitrogens with one attached hydrogen (secondary N) is 1. The quantitative estimate of drug-likeness (QED) is 0.751. The smallest absolute Gasteiger partial charge is 0.0664 e. The summed E-state index contributed by atoms with van der Waals surface area (Å²) in [4.78, 5) is 1.29. The number of rotatable bonds is 6. The van der Waals surface area contributed by atoms with Crippen LogP contribution in [0.2, 0.25) is 0 Å². The number of thioether (sulfide) groups is 1. The molecule has 1 N–H and O–H groups in total. The molecule has 0 amide bonds. The molecule has 1 aromatic rings. The predicted octanol–water partition coefficient (Wildman–Crippen LogP) is 3.25. The normalized spacial score (nSPS) is 12.5. The van der Waals surface area contributed by atoms with Gasteiger partial charge in [-0.05, 0) is 44.4 Å². The van der Waals surface area contributed by atoms with E-state index in [0.29, 0.717) is 6.04 Å². The number of anilines is 1. The van der Waals surface area contributed by atoms with Crippen LogP contribution in [0.25, 0.3) is 0 Å². The van der Waals surface area contributed by atoms with Crippen molar-refractivity contribution in [1.82, 2.24) is 0 Å². The Labute approximate surface area is 96.4 Å². The van der Waals surface area contributed by atoms with Crippen LogP contribution in [0.5, 0.6) is 0 Å². The van der Waals surface area contributed by atoms with E-state index in [0.717, 1.165) is 18.9 Å². The monoisotopic (exact) mass is 225 g/mol. The van der Waals surface area contributed by atoms with Gasteiger partial charge in [-0.2, -0.15) is 0 Å². The lowest BCUT2D eigenvalue weighted by Gasteiger charge is -2.15. The van der Waals surface area contributed by atoms with Crippen LogP contribution in [-0.4, -0.2) is 25.5 Å². The maximum atomic E-state index is 5.35. The first kappa shape index (κ1) is 12.4. The van der Waals surface area contributed by atoms with E-state index in [1.807, 2.05) is 6.92 Å². The van der Waals surface area contributed by atoms with E-state index in [1.54, 1.807) is 11.8 Å². The van der Waals surface area contributed by atoms with Crippen molar-refractivity contribution in [2.45, 2.75) is 24.8 Å². The molecule has 0 spiro atoms. The van der Waals surface area contributed by atoms with Crippen molar-refractivity contribution in [2.24, 2.45) is 0 Å². The zero-order valence-electron chi connectivity index (χ0n) is 9.62. The molecule has 15 heavy (non-hydrogen) atoms. The molecular weight excluding hydrogens is 206 g/mol. The number of benzene rings is 1. The van der Waals surface area contributed by atoms with Crippen molar-refractivity contribution in [1.29, 1.82) is 0 Å². The summed E-state index contributed by atoms with van der Waals surface area (Å²) in [6, 6.07) is 8.81. The van der Waals surface area contributed by atoms with Crippen LogP contribution in [0.3, 0.4) is 0 Å². The van der Waals surface area contributed by atoms with Gasteiger partial charge in [-0.15, -0.1) is 11.8 Å². The standard InChI is InChI=1S/C12H19NOS/c1-4-14-9-10(2)13-11-5-7-12(15-3)8-6-11/h5-8,10,13H,4,9H2,1-3H3. The lowest BCUT2D eigenvalue weighted by Crippen LogP contribution is -2.21. The highest BCUT2D eigenvalue weighted by molar-refractivity contribution is 7.98. The third-order valence-electron chi connectivity index (χ3n) is 2.08. The summed E-state index contributed by atoms with van der Waals surface area (Å²) >= 11 is 1.76. The van der Waals surface area contributed by atoms with Crippen LogP contribution >= 0.6 is 11.8 Å². The molecule has 0 aromatic heterocycles. The van der Waals surface area contributed by atoms with Gasteiger partial charge in [0.2, 0.25) is 0 Å². The van der Waals surface area contributed by atoms with Crippen molar-refractivity contribution < 1.29 is 4.74 Å². The minimum Gasteiger partial charge on any atom is -0.380 e. The van der Waals surface area contributed by atoms with Gasteiger partial charge < -0.3 is 10.1 Å². The highest BCUT2D eigenvalue weighted by Gasteiger charge is 2.01. The highest BCUT2D eigenvalue weighted by atomic mass is 32.2. The summed E-state index contributed by atoms with van der Waals surface area (Å²) in [5.41, 5.74) is 1.15. The Hall–Kier alpha value is -0.670. The Balaban J connectivity index is 2.42. The largest absolute Gasteiger partial charge is 0.380 e. The number of hydrogen-bond acceptors (Lipinski definition) is 3. The van der Waals surface area contributed by atoms with Crippen LogP contribution in [0.15, 0.2) is 29.2 Å².